The van der Waals surface area contributed by atoms with Crippen LogP contribution in [0.4, 0.5) is 17.3 Å². The Bertz CT molecular complexity index is 1320. The van der Waals surface area contributed by atoms with Gasteiger partial charge in [0.05, 0.1) is 6.54 Å². The molecule has 1 aliphatic rings. The van der Waals surface area contributed by atoms with Crippen LogP contribution < -0.4 is 15.8 Å². The van der Waals surface area contributed by atoms with Crippen molar-refractivity contribution in [1.82, 2.24) is 19.4 Å². The summed E-state index contributed by atoms with van der Waals surface area (Å²) in [5, 5.41) is 4.12. The summed E-state index contributed by atoms with van der Waals surface area (Å²) < 4.78 is 1.71. The largest absolute Gasteiger partial charge is 0.369 e. The third-order valence-electron chi connectivity index (χ3n) is 6.30. The molecule has 0 amide bonds. The fraction of sp³-hybridized carbons (Fsp3) is 0.269. The van der Waals surface area contributed by atoms with Crippen molar-refractivity contribution in [2.45, 2.75) is 13.5 Å². The molecule has 1 fully saturated rings. The first-order chi connectivity index (χ1) is 16.1. The minimum absolute atomic E-state index is 0.0769. The predicted molar refractivity (Wildman–Crippen MR) is 134 cm³/mol. The lowest BCUT2D eigenvalue weighted by atomic mass is 10.1. The van der Waals surface area contributed by atoms with Gasteiger partial charge in [0.25, 0.3) is 5.56 Å². The van der Waals surface area contributed by atoms with Crippen LogP contribution in [0.25, 0.3) is 11.0 Å². The Balaban J connectivity index is 1.40. The van der Waals surface area contributed by atoms with Gasteiger partial charge in [-0.3, -0.25) is 9.36 Å². The quantitative estimate of drug-likeness (QED) is 0.511. The van der Waals surface area contributed by atoms with Gasteiger partial charge in [0.2, 0.25) is 5.95 Å². The van der Waals surface area contributed by atoms with Crippen LogP contribution in [0.3, 0.4) is 0 Å². The standard InChI is InChI=1S/C26H28N6O/c1-19-5-3-4-6-21(19)18-32-24(33)12-7-20-17-27-26(29-25(20)32)28-22-8-10-23(11-9-22)31-15-13-30(2)14-16-31/h3-12,17H,13-16,18H2,1-2H3,(H,27,28,29). The van der Waals surface area contributed by atoms with E-state index in [-0.39, 0.29) is 5.56 Å². The Hall–Kier alpha value is -3.71. The summed E-state index contributed by atoms with van der Waals surface area (Å²) >= 11 is 0. The number of hydrogen-bond donors (Lipinski definition) is 1. The van der Waals surface area contributed by atoms with E-state index in [2.05, 4.69) is 52.3 Å². The highest BCUT2D eigenvalue weighted by molar-refractivity contribution is 5.76. The number of likely N-dealkylation sites (N-methyl/N-ethyl adjacent to an activating group) is 1. The Morgan fingerprint density at radius 3 is 2.45 bits per heavy atom. The summed E-state index contributed by atoms with van der Waals surface area (Å²) in [6.07, 6.45) is 1.76. The lowest BCUT2D eigenvalue weighted by Crippen LogP contribution is -2.44. The molecule has 0 bridgehead atoms. The third kappa shape index (κ3) is 4.59. The number of pyridine rings is 1. The van der Waals surface area contributed by atoms with E-state index in [1.165, 1.54) is 5.69 Å². The van der Waals surface area contributed by atoms with Crippen LogP contribution in [0.15, 0.2) is 71.7 Å². The SMILES string of the molecule is Cc1ccccc1Cn1c(=O)ccc2cnc(Nc3ccc(N4CCN(C)CC4)cc3)nc21. The van der Waals surface area contributed by atoms with Crippen LogP contribution in [0.1, 0.15) is 11.1 Å². The number of anilines is 3. The normalized spacial score (nSPS) is 14.5. The first kappa shape index (κ1) is 21.2. The lowest BCUT2D eigenvalue weighted by molar-refractivity contribution is 0.313. The summed E-state index contributed by atoms with van der Waals surface area (Å²) in [6.45, 7) is 6.76. The molecule has 0 saturated carbocycles. The summed E-state index contributed by atoms with van der Waals surface area (Å²) in [5.41, 5.74) is 4.93. The van der Waals surface area contributed by atoms with Crippen LogP contribution in [-0.4, -0.2) is 52.7 Å². The van der Waals surface area contributed by atoms with Crippen molar-refractivity contribution < 1.29 is 0 Å². The number of fused-ring (bicyclic) bond motifs is 1. The zero-order chi connectivity index (χ0) is 22.8. The molecule has 0 spiro atoms. The van der Waals surface area contributed by atoms with E-state index in [1.54, 1.807) is 22.9 Å². The van der Waals surface area contributed by atoms with Crippen molar-refractivity contribution >= 4 is 28.4 Å². The molecule has 0 unspecified atom stereocenters. The molecular weight excluding hydrogens is 412 g/mol. The van der Waals surface area contributed by atoms with Crippen molar-refractivity contribution in [2.75, 3.05) is 43.4 Å². The van der Waals surface area contributed by atoms with Crippen LogP contribution in [-0.2, 0) is 6.54 Å². The van der Waals surface area contributed by atoms with Gasteiger partial charge in [-0.25, -0.2) is 4.98 Å². The molecule has 1 saturated heterocycles. The van der Waals surface area contributed by atoms with E-state index in [9.17, 15) is 4.79 Å². The maximum atomic E-state index is 12.7. The molecule has 4 aromatic rings. The van der Waals surface area contributed by atoms with Crippen molar-refractivity contribution in [1.29, 1.82) is 0 Å². The van der Waals surface area contributed by atoms with E-state index >= 15 is 0 Å². The number of aryl methyl sites for hydroxylation is 1. The highest BCUT2D eigenvalue weighted by atomic mass is 16.1. The zero-order valence-corrected chi connectivity index (χ0v) is 19.0. The van der Waals surface area contributed by atoms with Gasteiger partial charge in [0.15, 0.2) is 0 Å². The van der Waals surface area contributed by atoms with Crippen molar-refractivity contribution in [3.05, 3.63) is 88.3 Å². The molecule has 0 aliphatic carbocycles. The molecule has 0 radical (unpaired) electrons. The molecule has 0 atom stereocenters. The monoisotopic (exact) mass is 440 g/mol. The summed E-state index contributed by atoms with van der Waals surface area (Å²) in [6, 6.07) is 19.8. The average Bonchev–Trinajstić information content (AvgIpc) is 2.83. The lowest BCUT2D eigenvalue weighted by Gasteiger charge is -2.34. The molecule has 33 heavy (non-hydrogen) atoms. The van der Waals surface area contributed by atoms with Crippen molar-refractivity contribution in [3.8, 4) is 0 Å². The van der Waals surface area contributed by atoms with Gasteiger partial charge >= 0.3 is 0 Å². The fourth-order valence-electron chi connectivity index (χ4n) is 4.19. The Kier molecular flexibility index (Phi) is 5.79. The zero-order valence-electron chi connectivity index (χ0n) is 19.0. The second kappa shape index (κ2) is 9.03. The highest BCUT2D eigenvalue weighted by Crippen LogP contribution is 2.22. The van der Waals surface area contributed by atoms with Gasteiger partial charge < -0.3 is 15.1 Å². The van der Waals surface area contributed by atoms with Gasteiger partial charge in [0.1, 0.15) is 5.65 Å². The summed E-state index contributed by atoms with van der Waals surface area (Å²) in [4.78, 5) is 26.6. The van der Waals surface area contributed by atoms with E-state index < -0.39 is 0 Å². The minimum atomic E-state index is -0.0769. The Morgan fingerprint density at radius 2 is 1.70 bits per heavy atom. The molecule has 1 aliphatic heterocycles. The van der Waals surface area contributed by atoms with Gasteiger partial charge in [-0.2, -0.15) is 4.98 Å². The second-order valence-electron chi connectivity index (χ2n) is 8.62. The predicted octanol–water partition coefficient (Wildman–Crippen LogP) is 3.64. The molecule has 2 aromatic heterocycles. The number of piperazine rings is 1. The van der Waals surface area contributed by atoms with Gasteiger partial charge in [-0.15, -0.1) is 0 Å². The third-order valence-corrected chi connectivity index (χ3v) is 6.30. The number of aromatic nitrogens is 3. The minimum Gasteiger partial charge on any atom is -0.369 e. The van der Waals surface area contributed by atoms with Crippen LogP contribution >= 0.6 is 0 Å². The number of benzene rings is 2. The maximum Gasteiger partial charge on any atom is 0.252 e. The molecule has 7 heteroatoms. The van der Waals surface area contributed by atoms with E-state index in [1.807, 2.05) is 30.3 Å². The van der Waals surface area contributed by atoms with Crippen LogP contribution in [0.2, 0.25) is 0 Å². The first-order valence-electron chi connectivity index (χ1n) is 11.3. The molecule has 168 valence electrons. The average molecular weight is 441 g/mol. The van der Waals surface area contributed by atoms with Gasteiger partial charge in [0, 0.05) is 55.2 Å². The number of nitrogens with one attached hydrogen (secondary N) is 1. The van der Waals surface area contributed by atoms with Crippen LogP contribution in [0, 0.1) is 6.92 Å². The fourth-order valence-corrected chi connectivity index (χ4v) is 4.19. The second-order valence-corrected chi connectivity index (χ2v) is 8.62. The summed E-state index contributed by atoms with van der Waals surface area (Å²) in [5.74, 6) is 0.471. The molecule has 7 nitrogen and oxygen atoms in total. The number of hydrogen-bond acceptors (Lipinski definition) is 6. The Morgan fingerprint density at radius 1 is 0.939 bits per heavy atom. The van der Waals surface area contributed by atoms with E-state index in [4.69, 9.17) is 4.98 Å². The van der Waals surface area contributed by atoms with Crippen LogP contribution in [0.5, 0.6) is 0 Å². The smallest absolute Gasteiger partial charge is 0.252 e. The molecular formula is C26H28N6O. The van der Waals surface area contributed by atoms with Crippen molar-refractivity contribution in [2.24, 2.45) is 0 Å². The Labute approximate surface area is 193 Å². The first-order valence-corrected chi connectivity index (χ1v) is 11.3. The number of rotatable bonds is 5. The maximum absolute atomic E-state index is 12.7. The topological polar surface area (TPSA) is 66.3 Å². The molecule has 3 heterocycles. The van der Waals surface area contributed by atoms with E-state index in [0.29, 0.717) is 18.1 Å². The highest BCUT2D eigenvalue weighted by Gasteiger charge is 2.14. The summed E-state index contributed by atoms with van der Waals surface area (Å²) in [7, 11) is 2.16. The molecule has 1 N–H and O–H groups in total. The van der Waals surface area contributed by atoms with Gasteiger partial charge in [-0.05, 0) is 55.4 Å². The van der Waals surface area contributed by atoms with E-state index in [0.717, 1.165) is 48.4 Å². The molecule has 2 aromatic carbocycles. The number of nitrogens with zero attached hydrogens (tertiary/aromatic N) is 5. The molecule has 5 rings (SSSR count). The van der Waals surface area contributed by atoms with Crippen molar-refractivity contribution in [3.63, 3.8) is 0 Å². The van der Waals surface area contributed by atoms with Gasteiger partial charge in [-0.1, -0.05) is 24.3 Å².